The second kappa shape index (κ2) is 8.89. The molecular formula is C22H35FN2O2. The zero-order valence-corrected chi connectivity index (χ0v) is 17.0. The number of anilines is 1. The van der Waals surface area contributed by atoms with Gasteiger partial charge >= 0.3 is 0 Å². The quantitative estimate of drug-likeness (QED) is 0.821. The maximum Gasteiger partial charge on any atom is 0.146 e. The first kappa shape index (κ1) is 20.6. The SMILES string of the molecule is C[C@@H]1C[C@H](OC[C@H](O)CN2CCN(c3ccccc3F)CC2)CC(C)(C)C1. The van der Waals surface area contributed by atoms with Gasteiger partial charge in [-0.1, -0.05) is 32.9 Å². The number of β-amino-alcohol motifs (C(OH)–C–C–N with tert-alkyl or cyclic N) is 1. The first-order valence-corrected chi connectivity index (χ1v) is 10.3. The molecule has 0 unspecified atom stereocenters. The minimum Gasteiger partial charge on any atom is -0.389 e. The molecule has 0 radical (unpaired) electrons. The van der Waals surface area contributed by atoms with Crippen molar-refractivity contribution in [3.05, 3.63) is 30.1 Å². The van der Waals surface area contributed by atoms with Crippen LogP contribution in [0.4, 0.5) is 10.1 Å². The smallest absolute Gasteiger partial charge is 0.146 e. The maximum atomic E-state index is 13.9. The lowest BCUT2D eigenvalue weighted by molar-refractivity contribution is -0.0615. The van der Waals surface area contributed by atoms with Gasteiger partial charge in [-0.25, -0.2) is 4.39 Å². The van der Waals surface area contributed by atoms with Crippen molar-refractivity contribution in [2.45, 2.75) is 52.2 Å². The Kier molecular flexibility index (Phi) is 6.77. The van der Waals surface area contributed by atoms with Gasteiger partial charge < -0.3 is 14.7 Å². The predicted molar refractivity (Wildman–Crippen MR) is 108 cm³/mol. The summed E-state index contributed by atoms with van der Waals surface area (Å²) >= 11 is 0. The van der Waals surface area contributed by atoms with Gasteiger partial charge in [-0.15, -0.1) is 0 Å². The highest BCUT2D eigenvalue weighted by Gasteiger charge is 2.33. The molecule has 2 fully saturated rings. The molecule has 1 saturated carbocycles. The molecule has 1 aromatic carbocycles. The second-order valence-corrected chi connectivity index (χ2v) is 9.26. The van der Waals surface area contributed by atoms with Crippen molar-refractivity contribution in [2.75, 3.05) is 44.2 Å². The van der Waals surface area contributed by atoms with E-state index in [4.69, 9.17) is 4.74 Å². The number of aliphatic hydroxyl groups is 1. The third-order valence-corrected chi connectivity index (χ3v) is 5.91. The number of benzene rings is 1. The van der Waals surface area contributed by atoms with Crippen molar-refractivity contribution >= 4 is 5.69 Å². The van der Waals surface area contributed by atoms with Crippen LogP contribution in [0.2, 0.25) is 0 Å². The summed E-state index contributed by atoms with van der Waals surface area (Å²) in [5, 5.41) is 10.4. The van der Waals surface area contributed by atoms with Gasteiger partial charge in [0.05, 0.1) is 24.5 Å². The Morgan fingerprint density at radius 3 is 2.56 bits per heavy atom. The van der Waals surface area contributed by atoms with Gasteiger partial charge in [-0.2, -0.15) is 0 Å². The summed E-state index contributed by atoms with van der Waals surface area (Å²) < 4.78 is 20.0. The highest BCUT2D eigenvalue weighted by atomic mass is 19.1. The Labute approximate surface area is 163 Å². The van der Waals surface area contributed by atoms with Crippen molar-refractivity contribution in [1.82, 2.24) is 4.90 Å². The van der Waals surface area contributed by atoms with E-state index in [2.05, 4.69) is 30.6 Å². The van der Waals surface area contributed by atoms with Gasteiger partial charge in [0.25, 0.3) is 0 Å². The van der Waals surface area contributed by atoms with E-state index in [1.807, 2.05) is 12.1 Å². The summed E-state index contributed by atoms with van der Waals surface area (Å²) in [6, 6.07) is 6.94. The number of rotatable bonds is 6. The fraction of sp³-hybridized carbons (Fsp3) is 0.727. The van der Waals surface area contributed by atoms with Crippen molar-refractivity contribution < 1.29 is 14.2 Å². The molecule has 0 aromatic heterocycles. The fourth-order valence-electron chi connectivity index (χ4n) is 4.86. The van der Waals surface area contributed by atoms with Gasteiger partial charge in [0.1, 0.15) is 5.82 Å². The fourth-order valence-corrected chi connectivity index (χ4v) is 4.86. The van der Waals surface area contributed by atoms with Crippen LogP contribution in [0.5, 0.6) is 0 Å². The average molecular weight is 379 g/mol. The summed E-state index contributed by atoms with van der Waals surface area (Å²) in [5.41, 5.74) is 1.01. The topological polar surface area (TPSA) is 35.9 Å². The van der Waals surface area contributed by atoms with E-state index < -0.39 is 6.10 Å². The van der Waals surface area contributed by atoms with Crippen LogP contribution in [0.1, 0.15) is 40.0 Å². The van der Waals surface area contributed by atoms with Crippen molar-refractivity contribution in [2.24, 2.45) is 11.3 Å². The van der Waals surface area contributed by atoms with Gasteiger partial charge in [0.2, 0.25) is 0 Å². The van der Waals surface area contributed by atoms with E-state index in [0.29, 0.717) is 30.2 Å². The average Bonchev–Trinajstić information content (AvgIpc) is 2.60. The van der Waals surface area contributed by atoms with E-state index >= 15 is 0 Å². The van der Waals surface area contributed by atoms with Crippen molar-refractivity contribution in [1.29, 1.82) is 0 Å². The lowest BCUT2D eigenvalue weighted by Gasteiger charge is -2.39. The number of para-hydroxylation sites is 1. The second-order valence-electron chi connectivity index (χ2n) is 9.26. The molecule has 4 nitrogen and oxygen atoms in total. The highest BCUT2D eigenvalue weighted by Crippen LogP contribution is 2.39. The molecule has 1 saturated heterocycles. The summed E-state index contributed by atoms with van der Waals surface area (Å²) in [6.07, 6.45) is 3.21. The Bertz CT molecular complexity index is 602. The van der Waals surface area contributed by atoms with Gasteiger partial charge in [0.15, 0.2) is 0 Å². The van der Waals surface area contributed by atoms with E-state index in [9.17, 15) is 9.50 Å². The first-order chi connectivity index (χ1) is 12.8. The van der Waals surface area contributed by atoms with Crippen LogP contribution < -0.4 is 4.90 Å². The molecule has 0 bridgehead atoms. The molecule has 0 spiro atoms. The van der Waals surface area contributed by atoms with Crippen LogP contribution in [0, 0.1) is 17.2 Å². The Morgan fingerprint density at radius 2 is 1.89 bits per heavy atom. The molecule has 5 heteroatoms. The van der Waals surface area contributed by atoms with Crippen molar-refractivity contribution in [3.63, 3.8) is 0 Å². The van der Waals surface area contributed by atoms with Gasteiger partial charge in [0, 0.05) is 32.7 Å². The minimum atomic E-state index is -0.467. The van der Waals surface area contributed by atoms with Gasteiger partial charge in [-0.3, -0.25) is 4.90 Å². The third kappa shape index (κ3) is 5.90. The number of piperazine rings is 1. The third-order valence-electron chi connectivity index (χ3n) is 5.91. The van der Waals surface area contributed by atoms with E-state index in [0.717, 1.165) is 39.0 Å². The number of hydrogen-bond donors (Lipinski definition) is 1. The monoisotopic (exact) mass is 378 g/mol. The van der Waals surface area contributed by atoms with E-state index in [-0.39, 0.29) is 11.9 Å². The van der Waals surface area contributed by atoms with Gasteiger partial charge in [-0.05, 0) is 42.7 Å². The molecule has 27 heavy (non-hydrogen) atoms. The van der Waals surface area contributed by atoms with Crippen LogP contribution in [0.15, 0.2) is 24.3 Å². The Morgan fingerprint density at radius 1 is 1.19 bits per heavy atom. The summed E-state index contributed by atoms with van der Waals surface area (Å²) in [7, 11) is 0. The molecule has 152 valence electrons. The minimum absolute atomic E-state index is 0.163. The first-order valence-electron chi connectivity index (χ1n) is 10.3. The molecular weight excluding hydrogens is 343 g/mol. The van der Waals surface area contributed by atoms with Crippen LogP contribution in [0.3, 0.4) is 0 Å². The molecule has 1 N–H and O–H groups in total. The molecule has 1 aliphatic carbocycles. The standard InChI is InChI=1S/C22H35FN2O2/c1-17-12-19(14-22(2,3)13-17)27-16-18(26)15-24-8-10-25(11-9-24)21-7-5-4-6-20(21)23/h4-7,17-19,26H,8-16H2,1-3H3/t17-,18-,19+/m1/s1. The van der Waals surface area contributed by atoms with Crippen LogP contribution in [-0.4, -0.2) is 61.5 Å². The lowest BCUT2D eigenvalue weighted by Crippen LogP contribution is -2.49. The number of hydrogen-bond acceptors (Lipinski definition) is 4. The Hall–Kier alpha value is -1.17. The Balaban J connectivity index is 1.39. The summed E-state index contributed by atoms with van der Waals surface area (Å²) in [5.74, 6) is 0.520. The summed E-state index contributed by atoms with van der Waals surface area (Å²) in [4.78, 5) is 4.33. The lowest BCUT2D eigenvalue weighted by atomic mass is 9.71. The number of halogens is 1. The van der Waals surface area contributed by atoms with E-state index in [1.54, 1.807) is 6.07 Å². The number of nitrogens with zero attached hydrogens (tertiary/aromatic N) is 2. The normalized spacial score (nSPS) is 27.5. The molecule has 2 aliphatic rings. The number of aliphatic hydroxyl groups excluding tert-OH is 1. The molecule has 1 aromatic rings. The maximum absolute atomic E-state index is 13.9. The zero-order valence-electron chi connectivity index (χ0n) is 17.0. The zero-order chi connectivity index (χ0) is 19.4. The van der Waals surface area contributed by atoms with Crippen LogP contribution >= 0.6 is 0 Å². The summed E-state index contributed by atoms with van der Waals surface area (Å²) in [6.45, 7) is 11.2. The van der Waals surface area contributed by atoms with Crippen molar-refractivity contribution in [3.8, 4) is 0 Å². The molecule has 3 atom stereocenters. The van der Waals surface area contributed by atoms with Crippen LogP contribution in [-0.2, 0) is 4.74 Å². The molecule has 3 rings (SSSR count). The highest BCUT2D eigenvalue weighted by molar-refractivity contribution is 5.47. The molecule has 1 aliphatic heterocycles. The largest absolute Gasteiger partial charge is 0.389 e. The van der Waals surface area contributed by atoms with Crippen LogP contribution in [0.25, 0.3) is 0 Å². The number of ether oxygens (including phenoxy) is 1. The van der Waals surface area contributed by atoms with E-state index in [1.165, 1.54) is 12.5 Å². The predicted octanol–water partition coefficient (Wildman–Crippen LogP) is 3.54. The molecule has 0 amide bonds. The molecule has 1 heterocycles.